The Morgan fingerprint density at radius 2 is 1.36 bits per heavy atom. The molecule has 4 aromatic carbocycles. The van der Waals surface area contributed by atoms with Crippen LogP contribution < -0.4 is 0 Å². The second kappa shape index (κ2) is 4.38. The smallest absolute Gasteiger partial charge is 0.194 e. The van der Waals surface area contributed by atoms with Crippen LogP contribution >= 0.6 is 11.6 Å². The van der Waals surface area contributed by atoms with E-state index in [2.05, 4.69) is 48.5 Å². The highest BCUT2D eigenvalue weighted by Gasteiger charge is 2.32. The summed E-state index contributed by atoms with van der Waals surface area (Å²) in [5.41, 5.74) is 8.36. The van der Waals surface area contributed by atoms with Crippen LogP contribution in [0.2, 0.25) is 5.02 Å². The van der Waals surface area contributed by atoms with E-state index in [9.17, 15) is 4.79 Å². The van der Waals surface area contributed by atoms with Crippen molar-refractivity contribution in [2.75, 3.05) is 0 Å². The SMILES string of the molecule is O=C1c2ccc(Cl)cc2-c2c1cc1c3c(cccc23)-c2ccccc2-1. The van der Waals surface area contributed by atoms with Gasteiger partial charge in [-0.15, -0.1) is 0 Å². The second-order valence-electron chi connectivity index (χ2n) is 6.64. The first-order valence-electron chi connectivity index (χ1n) is 8.28. The number of carbonyl (C=O) groups is 1. The molecule has 4 aromatic rings. The van der Waals surface area contributed by atoms with Crippen LogP contribution in [0.3, 0.4) is 0 Å². The Bertz CT molecular complexity index is 1270. The fourth-order valence-corrected chi connectivity index (χ4v) is 4.58. The van der Waals surface area contributed by atoms with E-state index < -0.39 is 0 Å². The zero-order valence-electron chi connectivity index (χ0n) is 13.1. The Balaban J connectivity index is 1.84. The fraction of sp³-hybridized carbons (Fsp3) is 0. The Morgan fingerprint density at radius 1 is 0.600 bits per heavy atom. The van der Waals surface area contributed by atoms with Crippen molar-refractivity contribution in [3.8, 4) is 33.4 Å². The molecular weight excluding hydrogens is 328 g/mol. The molecule has 0 saturated heterocycles. The normalized spacial score (nSPS) is 13.1. The first-order valence-corrected chi connectivity index (χ1v) is 8.66. The van der Waals surface area contributed by atoms with Gasteiger partial charge >= 0.3 is 0 Å². The van der Waals surface area contributed by atoms with Crippen molar-refractivity contribution in [3.05, 3.63) is 82.9 Å². The van der Waals surface area contributed by atoms with Crippen molar-refractivity contribution in [3.63, 3.8) is 0 Å². The van der Waals surface area contributed by atoms with Crippen LogP contribution in [0.5, 0.6) is 0 Å². The van der Waals surface area contributed by atoms with Gasteiger partial charge in [-0.25, -0.2) is 0 Å². The molecule has 116 valence electrons. The summed E-state index contributed by atoms with van der Waals surface area (Å²) in [7, 11) is 0. The van der Waals surface area contributed by atoms with Gasteiger partial charge in [-0.05, 0) is 62.9 Å². The third-order valence-corrected chi connectivity index (χ3v) is 5.64. The standard InChI is InChI=1S/C23H11ClO/c24-12-8-9-16-18(10-12)22-17-7-3-6-15-13-4-1-2-5-14(13)19(21(15)17)11-20(22)23(16)25/h1-11H. The minimum atomic E-state index is 0.0922. The largest absolute Gasteiger partial charge is 0.289 e. The summed E-state index contributed by atoms with van der Waals surface area (Å²) in [6.07, 6.45) is 0. The van der Waals surface area contributed by atoms with Gasteiger partial charge in [-0.3, -0.25) is 4.79 Å². The summed E-state index contributed by atoms with van der Waals surface area (Å²) < 4.78 is 0. The number of benzene rings is 4. The summed E-state index contributed by atoms with van der Waals surface area (Å²) in [4.78, 5) is 13.0. The van der Waals surface area contributed by atoms with Crippen molar-refractivity contribution >= 4 is 28.2 Å². The van der Waals surface area contributed by atoms with Crippen LogP contribution in [0, 0.1) is 0 Å². The molecule has 0 aliphatic heterocycles. The number of carbonyl (C=O) groups excluding carboxylic acids is 1. The van der Waals surface area contributed by atoms with Gasteiger partial charge in [0.1, 0.15) is 0 Å². The van der Waals surface area contributed by atoms with E-state index in [-0.39, 0.29) is 5.78 Å². The molecule has 0 atom stereocenters. The van der Waals surface area contributed by atoms with E-state index in [0.717, 1.165) is 33.2 Å². The average Bonchev–Trinajstić information content (AvgIpc) is 3.11. The number of fused-ring (bicyclic) bond motifs is 7. The summed E-state index contributed by atoms with van der Waals surface area (Å²) in [6.45, 7) is 0. The molecule has 0 heterocycles. The number of halogens is 1. The molecule has 25 heavy (non-hydrogen) atoms. The van der Waals surface area contributed by atoms with Gasteiger partial charge in [0.05, 0.1) is 0 Å². The Hall–Kier alpha value is -2.90. The lowest BCUT2D eigenvalue weighted by Crippen LogP contribution is -1.95. The first-order chi connectivity index (χ1) is 12.2. The lowest BCUT2D eigenvalue weighted by atomic mass is 9.93. The molecule has 0 bridgehead atoms. The quantitative estimate of drug-likeness (QED) is 0.315. The van der Waals surface area contributed by atoms with Crippen LogP contribution in [0.15, 0.2) is 66.7 Å². The molecule has 0 N–H and O–H groups in total. The predicted molar refractivity (Wildman–Crippen MR) is 102 cm³/mol. The maximum absolute atomic E-state index is 13.0. The van der Waals surface area contributed by atoms with E-state index in [1.165, 1.54) is 22.1 Å². The van der Waals surface area contributed by atoms with E-state index in [1.807, 2.05) is 12.1 Å². The van der Waals surface area contributed by atoms with Crippen LogP contribution in [0.1, 0.15) is 15.9 Å². The van der Waals surface area contributed by atoms with Crippen molar-refractivity contribution in [2.45, 2.75) is 0 Å². The summed E-state index contributed by atoms with van der Waals surface area (Å²) >= 11 is 6.23. The summed E-state index contributed by atoms with van der Waals surface area (Å²) in [5.74, 6) is 0.0922. The molecule has 2 aliphatic rings. The molecule has 0 fully saturated rings. The van der Waals surface area contributed by atoms with Crippen molar-refractivity contribution in [2.24, 2.45) is 0 Å². The van der Waals surface area contributed by atoms with E-state index in [0.29, 0.717) is 5.02 Å². The zero-order valence-corrected chi connectivity index (χ0v) is 13.9. The highest BCUT2D eigenvalue weighted by Crippen LogP contribution is 2.52. The third-order valence-electron chi connectivity index (χ3n) is 5.41. The number of hydrogen-bond donors (Lipinski definition) is 0. The van der Waals surface area contributed by atoms with E-state index in [1.54, 1.807) is 6.07 Å². The molecule has 2 aliphatic carbocycles. The predicted octanol–water partition coefficient (Wildman–Crippen LogP) is 6.35. The fourth-order valence-electron chi connectivity index (χ4n) is 4.41. The third kappa shape index (κ3) is 1.52. The Kier molecular flexibility index (Phi) is 2.35. The van der Waals surface area contributed by atoms with E-state index in [4.69, 9.17) is 11.6 Å². The molecular formula is C23H11ClO. The van der Waals surface area contributed by atoms with Crippen LogP contribution in [-0.4, -0.2) is 5.78 Å². The lowest BCUT2D eigenvalue weighted by molar-refractivity contribution is 0.104. The van der Waals surface area contributed by atoms with E-state index >= 15 is 0 Å². The van der Waals surface area contributed by atoms with Gasteiger partial charge in [0, 0.05) is 21.7 Å². The van der Waals surface area contributed by atoms with Gasteiger partial charge in [-0.1, -0.05) is 54.1 Å². The first kappa shape index (κ1) is 13.4. The molecule has 0 saturated carbocycles. The highest BCUT2D eigenvalue weighted by atomic mass is 35.5. The Morgan fingerprint density at radius 3 is 2.20 bits per heavy atom. The molecule has 6 rings (SSSR count). The zero-order chi connectivity index (χ0) is 16.7. The summed E-state index contributed by atoms with van der Waals surface area (Å²) in [6, 6.07) is 22.4. The van der Waals surface area contributed by atoms with Crippen molar-refractivity contribution in [1.82, 2.24) is 0 Å². The van der Waals surface area contributed by atoms with Gasteiger partial charge < -0.3 is 0 Å². The second-order valence-corrected chi connectivity index (χ2v) is 7.08. The monoisotopic (exact) mass is 338 g/mol. The summed E-state index contributed by atoms with van der Waals surface area (Å²) in [5, 5.41) is 3.03. The molecule has 0 radical (unpaired) electrons. The molecule has 0 amide bonds. The van der Waals surface area contributed by atoms with Crippen LogP contribution in [-0.2, 0) is 0 Å². The number of hydrogen-bond acceptors (Lipinski definition) is 1. The van der Waals surface area contributed by atoms with Crippen molar-refractivity contribution < 1.29 is 4.79 Å². The molecule has 0 spiro atoms. The Labute approximate surface area is 149 Å². The van der Waals surface area contributed by atoms with Crippen LogP contribution in [0.4, 0.5) is 0 Å². The molecule has 0 aromatic heterocycles. The van der Waals surface area contributed by atoms with Gasteiger partial charge in [0.2, 0.25) is 0 Å². The number of ketones is 1. The van der Waals surface area contributed by atoms with Gasteiger partial charge in [-0.2, -0.15) is 0 Å². The van der Waals surface area contributed by atoms with Gasteiger partial charge in [0.25, 0.3) is 0 Å². The van der Waals surface area contributed by atoms with Gasteiger partial charge in [0.15, 0.2) is 5.78 Å². The molecule has 2 heteroatoms. The number of rotatable bonds is 0. The molecule has 0 unspecified atom stereocenters. The highest BCUT2D eigenvalue weighted by molar-refractivity contribution is 6.34. The minimum Gasteiger partial charge on any atom is -0.289 e. The average molecular weight is 339 g/mol. The maximum Gasteiger partial charge on any atom is 0.194 e. The maximum atomic E-state index is 13.0. The molecule has 1 nitrogen and oxygen atoms in total. The minimum absolute atomic E-state index is 0.0922. The topological polar surface area (TPSA) is 17.1 Å². The van der Waals surface area contributed by atoms with Crippen LogP contribution in [0.25, 0.3) is 44.2 Å². The van der Waals surface area contributed by atoms with Crippen molar-refractivity contribution in [1.29, 1.82) is 0 Å². The lowest BCUT2D eigenvalue weighted by Gasteiger charge is -2.09.